The molecule has 2 rings (SSSR count). The second-order valence-electron chi connectivity index (χ2n) is 4.11. The molecule has 18 heavy (non-hydrogen) atoms. The van der Waals surface area contributed by atoms with Gasteiger partial charge in [-0.2, -0.15) is 13.2 Å². The van der Waals surface area contributed by atoms with Crippen molar-refractivity contribution in [3.8, 4) is 0 Å². The summed E-state index contributed by atoms with van der Waals surface area (Å²) in [6, 6.07) is 0.970. The number of halogens is 3. The van der Waals surface area contributed by atoms with Crippen LogP contribution in [0.5, 0.6) is 0 Å². The molecule has 0 radical (unpaired) electrons. The van der Waals surface area contributed by atoms with Gasteiger partial charge in [-0.3, -0.25) is 0 Å². The molecule has 0 atom stereocenters. The van der Waals surface area contributed by atoms with Crippen molar-refractivity contribution in [1.29, 1.82) is 0 Å². The van der Waals surface area contributed by atoms with Gasteiger partial charge in [0.05, 0.1) is 5.56 Å². The lowest BCUT2D eigenvalue weighted by molar-refractivity contribution is -0.137. The number of nitrogens with zero attached hydrogens (tertiary/aromatic N) is 2. The van der Waals surface area contributed by atoms with E-state index in [4.69, 9.17) is 4.42 Å². The Labute approximate surface area is 102 Å². The highest BCUT2D eigenvalue weighted by molar-refractivity contribution is 5.68. The molecule has 0 unspecified atom stereocenters. The molecule has 0 aliphatic rings. The van der Waals surface area contributed by atoms with Gasteiger partial charge in [0.1, 0.15) is 5.52 Å². The van der Waals surface area contributed by atoms with Crippen LogP contribution in [-0.4, -0.2) is 9.97 Å². The van der Waals surface area contributed by atoms with Crippen LogP contribution in [0.15, 0.2) is 16.7 Å². The molecule has 0 spiro atoms. The Morgan fingerprint density at radius 3 is 2.50 bits per heavy atom. The molecule has 2 heterocycles. The van der Waals surface area contributed by atoms with Crippen molar-refractivity contribution in [2.24, 2.45) is 0 Å². The Morgan fingerprint density at radius 1 is 1.28 bits per heavy atom. The predicted molar refractivity (Wildman–Crippen MR) is 60.1 cm³/mol. The van der Waals surface area contributed by atoms with E-state index >= 15 is 0 Å². The van der Waals surface area contributed by atoms with E-state index in [-0.39, 0.29) is 17.1 Å². The summed E-state index contributed by atoms with van der Waals surface area (Å²) in [7, 11) is 0. The van der Waals surface area contributed by atoms with E-state index in [1.54, 1.807) is 0 Å². The van der Waals surface area contributed by atoms with Gasteiger partial charge in [0, 0.05) is 12.1 Å². The summed E-state index contributed by atoms with van der Waals surface area (Å²) in [6.45, 7) is 3.97. The van der Waals surface area contributed by atoms with Crippen LogP contribution < -0.4 is 0 Å². The topological polar surface area (TPSA) is 38.9 Å². The van der Waals surface area contributed by atoms with Crippen LogP contribution >= 0.6 is 0 Å². The predicted octanol–water partition coefficient (Wildman–Crippen LogP) is 4.15. The molecule has 0 saturated carbocycles. The SMILES string of the molecule is CCC(CC)c1nc2cc(C(F)(F)F)cnc2o1. The summed E-state index contributed by atoms with van der Waals surface area (Å²) in [5, 5.41) is 0. The summed E-state index contributed by atoms with van der Waals surface area (Å²) >= 11 is 0. The van der Waals surface area contributed by atoms with Crippen molar-refractivity contribution in [2.75, 3.05) is 0 Å². The first kappa shape index (κ1) is 12.9. The molecule has 0 aliphatic carbocycles. The molecule has 0 fully saturated rings. The van der Waals surface area contributed by atoms with Crippen molar-refractivity contribution < 1.29 is 17.6 Å². The van der Waals surface area contributed by atoms with Gasteiger partial charge in [-0.25, -0.2) is 9.97 Å². The van der Waals surface area contributed by atoms with E-state index in [9.17, 15) is 13.2 Å². The van der Waals surface area contributed by atoms with Crippen molar-refractivity contribution >= 4 is 11.2 Å². The molecule has 0 aliphatic heterocycles. The Morgan fingerprint density at radius 2 is 1.94 bits per heavy atom. The monoisotopic (exact) mass is 258 g/mol. The van der Waals surface area contributed by atoms with Gasteiger partial charge in [0.25, 0.3) is 0 Å². The van der Waals surface area contributed by atoms with Gasteiger partial charge in [0.2, 0.25) is 11.6 Å². The molecule has 6 heteroatoms. The molecule has 2 aromatic rings. The summed E-state index contributed by atoms with van der Waals surface area (Å²) in [5.41, 5.74) is -0.490. The van der Waals surface area contributed by atoms with Crippen molar-refractivity contribution in [2.45, 2.75) is 38.8 Å². The van der Waals surface area contributed by atoms with Gasteiger partial charge >= 0.3 is 6.18 Å². The number of hydrogen-bond donors (Lipinski definition) is 0. The number of fused-ring (bicyclic) bond motifs is 1. The van der Waals surface area contributed by atoms with Crippen LogP contribution in [0, 0.1) is 0 Å². The number of rotatable bonds is 3. The number of alkyl halides is 3. The lowest BCUT2D eigenvalue weighted by atomic mass is 10.0. The largest absolute Gasteiger partial charge is 0.422 e. The lowest BCUT2D eigenvalue weighted by Crippen LogP contribution is -2.04. The first-order valence-electron chi connectivity index (χ1n) is 5.79. The molecule has 2 aromatic heterocycles. The van der Waals surface area contributed by atoms with E-state index in [0.29, 0.717) is 5.89 Å². The maximum atomic E-state index is 12.5. The number of oxazole rings is 1. The minimum Gasteiger partial charge on any atom is -0.422 e. The molecular formula is C12H13F3N2O. The first-order valence-corrected chi connectivity index (χ1v) is 5.79. The summed E-state index contributed by atoms with van der Waals surface area (Å²) in [4.78, 5) is 7.77. The third-order valence-corrected chi connectivity index (χ3v) is 2.93. The van der Waals surface area contributed by atoms with Crippen molar-refractivity contribution in [3.05, 3.63) is 23.7 Å². The fourth-order valence-corrected chi connectivity index (χ4v) is 1.81. The third kappa shape index (κ3) is 2.32. The minimum absolute atomic E-state index is 0.119. The smallest absolute Gasteiger partial charge is 0.417 e. The fourth-order valence-electron chi connectivity index (χ4n) is 1.81. The Kier molecular flexibility index (Phi) is 3.28. The van der Waals surface area contributed by atoms with Gasteiger partial charge < -0.3 is 4.42 Å². The maximum absolute atomic E-state index is 12.5. The third-order valence-electron chi connectivity index (χ3n) is 2.93. The molecule has 3 nitrogen and oxygen atoms in total. The highest BCUT2D eigenvalue weighted by atomic mass is 19.4. The quantitative estimate of drug-likeness (QED) is 0.830. The average Bonchev–Trinajstić information content (AvgIpc) is 2.71. The Bertz CT molecular complexity index is 544. The molecule has 0 amide bonds. The normalized spacial score (nSPS) is 12.6. The molecular weight excluding hydrogens is 245 g/mol. The highest BCUT2D eigenvalue weighted by Gasteiger charge is 2.31. The number of pyridine rings is 1. The van der Waals surface area contributed by atoms with E-state index in [2.05, 4.69) is 9.97 Å². The van der Waals surface area contributed by atoms with Crippen molar-refractivity contribution in [1.82, 2.24) is 9.97 Å². The van der Waals surface area contributed by atoms with Gasteiger partial charge in [-0.15, -0.1) is 0 Å². The van der Waals surface area contributed by atoms with E-state index in [1.807, 2.05) is 13.8 Å². The summed E-state index contributed by atoms with van der Waals surface area (Å²) in [5.74, 6) is 0.579. The molecule has 0 N–H and O–H groups in total. The first-order chi connectivity index (χ1) is 8.45. The van der Waals surface area contributed by atoms with Crippen LogP contribution in [0.1, 0.15) is 44.1 Å². The van der Waals surface area contributed by atoms with Crippen LogP contribution in [0.25, 0.3) is 11.2 Å². The van der Waals surface area contributed by atoms with Crippen LogP contribution in [0.4, 0.5) is 13.2 Å². The van der Waals surface area contributed by atoms with Crippen LogP contribution in [-0.2, 0) is 6.18 Å². The van der Waals surface area contributed by atoms with Crippen LogP contribution in [0.3, 0.4) is 0 Å². The van der Waals surface area contributed by atoms with E-state index in [0.717, 1.165) is 25.1 Å². The minimum atomic E-state index is -4.41. The Hall–Kier alpha value is -1.59. The van der Waals surface area contributed by atoms with Crippen molar-refractivity contribution in [3.63, 3.8) is 0 Å². The zero-order valence-electron chi connectivity index (χ0n) is 10.1. The maximum Gasteiger partial charge on any atom is 0.417 e. The second kappa shape index (κ2) is 4.59. The van der Waals surface area contributed by atoms with Gasteiger partial charge in [-0.05, 0) is 18.9 Å². The molecule has 98 valence electrons. The second-order valence-corrected chi connectivity index (χ2v) is 4.11. The van der Waals surface area contributed by atoms with Gasteiger partial charge in [-0.1, -0.05) is 13.8 Å². The summed E-state index contributed by atoms with van der Waals surface area (Å²) < 4.78 is 42.9. The summed E-state index contributed by atoms with van der Waals surface area (Å²) in [6.07, 6.45) is -1.98. The fraction of sp³-hybridized carbons (Fsp3) is 0.500. The molecule has 0 aromatic carbocycles. The molecule has 0 bridgehead atoms. The lowest BCUT2D eigenvalue weighted by Gasteiger charge is -2.05. The molecule has 0 saturated heterocycles. The standard InChI is InChI=1S/C12H13F3N2O/c1-3-7(4-2)10-17-9-5-8(12(13,14)15)6-16-11(9)18-10/h5-7H,3-4H2,1-2H3. The number of aromatic nitrogens is 2. The highest BCUT2D eigenvalue weighted by Crippen LogP contribution is 2.31. The van der Waals surface area contributed by atoms with E-state index < -0.39 is 11.7 Å². The van der Waals surface area contributed by atoms with Gasteiger partial charge in [0.15, 0.2) is 0 Å². The number of hydrogen-bond acceptors (Lipinski definition) is 3. The van der Waals surface area contributed by atoms with E-state index in [1.165, 1.54) is 0 Å². The van der Waals surface area contributed by atoms with Crippen LogP contribution in [0.2, 0.25) is 0 Å². The zero-order valence-corrected chi connectivity index (χ0v) is 10.1. The Balaban J connectivity index is 2.46. The average molecular weight is 258 g/mol. The zero-order chi connectivity index (χ0) is 13.3.